The standard InChI is InChI=1S/C29H32N4O3/c1-20(2)22-10-14-25(15-11-22)30-29(34)33(21(3)23-8-6-5-7-9-23)19-18-27-31-28(32-36-27)24-12-16-26(35-4)17-13-24/h5-17,20-21H,18-19H2,1-4H3,(H,30,34)/t21-/m1/s1. The third-order valence-corrected chi connectivity index (χ3v) is 6.22. The molecule has 36 heavy (non-hydrogen) atoms. The molecule has 0 radical (unpaired) electrons. The van der Waals surface area contributed by atoms with Crippen LogP contribution in [0.4, 0.5) is 10.5 Å². The first-order valence-corrected chi connectivity index (χ1v) is 12.1. The molecule has 0 saturated carbocycles. The maximum Gasteiger partial charge on any atom is 0.322 e. The molecule has 1 aromatic heterocycles. The fraction of sp³-hybridized carbons (Fsp3) is 0.276. The van der Waals surface area contributed by atoms with E-state index in [-0.39, 0.29) is 12.1 Å². The summed E-state index contributed by atoms with van der Waals surface area (Å²) in [6.07, 6.45) is 0.431. The summed E-state index contributed by atoms with van der Waals surface area (Å²) in [5.74, 6) is 2.17. The van der Waals surface area contributed by atoms with E-state index in [0.717, 1.165) is 22.6 Å². The van der Waals surface area contributed by atoms with Crippen molar-refractivity contribution in [3.05, 3.63) is 95.9 Å². The van der Waals surface area contributed by atoms with Gasteiger partial charge in [-0.25, -0.2) is 4.79 Å². The minimum Gasteiger partial charge on any atom is -0.497 e. The highest BCUT2D eigenvalue weighted by molar-refractivity contribution is 5.89. The van der Waals surface area contributed by atoms with Crippen LogP contribution < -0.4 is 10.1 Å². The molecule has 0 fully saturated rings. The molecule has 7 heteroatoms. The number of anilines is 1. The Labute approximate surface area is 212 Å². The largest absolute Gasteiger partial charge is 0.497 e. The van der Waals surface area contributed by atoms with Crippen molar-refractivity contribution in [2.45, 2.75) is 39.2 Å². The van der Waals surface area contributed by atoms with E-state index in [9.17, 15) is 4.79 Å². The first-order chi connectivity index (χ1) is 17.4. The third-order valence-electron chi connectivity index (χ3n) is 6.22. The lowest BCUT2D eigenvalue weighted by Crippen LogP contribution is -2.38. The van der Waals surface area contributed by atoms with Crippen LogP contribution in [0.5, 0.6) is 5.75 Å². The molecule has 0 aliphatic rings. The molecule has 1 heterocycles. The van der Waals surface area contributed by atoms with E-state index in [0.29, 0.717) is 30.6 Å². The molecule has 0 unspecified atom stereocenters. The van der Waals surface area contributed by atoms with E-state index in [2.05, 4.69) is 29.3 Å². The van der Waals surface area contributed by atoms with Gasteiger partial charge in [0.1, 0.15) is 5.75 Å². The Morgan fingerprint density at radius 1 is 0.944 bits per heavy atom. The Balaban J connectivity index is 1.49. The van der Waals surface area contributed by atoms with E-state index in [1.54, 1.807) is 12.0 Å². The molecule has 0 spiro atoms. The molecule has 0 bridgehead atoms. The molecule has 3 aromatic carbocycles. The van der Waals surface area contributed by atoms with Gasteiger partial charge in [-0.3, -0.25) is 0 Å². The van der Waals surface area contributed by atoms with Gasteiger partial charge in [0.05, 0.1) is 13.2 Å². The average Bonchev–Trinajstić information content (AvgIpc) is 3.38. The van der Waals surface area contributed by atoms with Crippen molar-refractivity contribution in [3.63, 3.8) is 0 Å². The molecule has 186 valence electrons. The number of benzene rings is 3. The van der Waals surface area contributed by atoms with E-state index < -0.39 is 0 Å². The Morgan fingerprint density at radius 3 is 2.28 bits per heavy atom. The number of nitrogens with one attached hydrogen (secondary N) is 1. The second kappa shape index (κ2) is 11.5. The summed E-state index contributed by atoms with van der Waals surface area (Å²) in [4.78, 5) is 19.7. The fourth-order valence-corrected chi connectivity index (χ4v) is 3.96. The summed E-state index contributed by atoms with van der Waals surface area (Å²) in [5.41, 5.74) is 3.87. The number of aromatic nitrogens is 2. The van der Waals surface area contributed by atoms with Gasteiger partial charge in [-0.05, 0) is 60.4 Å². The van der Waals surface area contributed by atoms with Crippen molar-refractivity contribution in [1.29, 1.82) is 0 Å². The number of carbonyl (C=O) groups is 1. The Bertz CT molecular complexity index is 1250. The third kappa shape index (κ3) is 6.10. The highest BCUT2D eigenvalue weighted by atomic mass is 16.5. The molecule has 1 N–H and O–H groups in total. The highest BCUT2D eigenvalue weighted by Crippen LogP contribution is 2.24. The maximum atomic E-state index is 13.4. The monoisotopic (exact) mass is 484 g/mol. The van der Waals surface area contributed by atoms with Crippen molar-refractivity contribution in [1.82, 2.24) is 15.0 Å². The summed E-state index contributed by atoms with van der Waals surface area (Å²) in [5, 5.41) is 7.16. The van der Waals surface area contributed by atoms with E-state index in [4.69, 9.17) is 9.26 Å². The molecule has 4 aromatic rings. The summed E-state index contributed by atoms with van der Waals surface area (Å²) >= 11 is 0. The van der Waals surface area contributed by atoms with E-state index in [1.165, 1.54) is 5.56 Å². The van der Waals surface area contributed by atoms with Crippen LogP contribution in [0.15, 0.2) is 83.4 Å². The van der Waals surface area contributed by atoms with Crippen molar-refractivity contribution in [2.75, 3.05) is 19.0 Å². The summed E-state index contributed by atoms with van der Waals surface area (Å²) in [6, 6.07) is 25.1. The smallest absolute Gasteiger partial charge is 0.322 e. The van der Waals surface area contributed by atoms with Gasteiger partial charge in [0, 0.05) is 24.2 Å². The Hall–Kier alpha value is -4.13. The zero-order chi connectivity index (χ0) is 25.5. The quantitative estimate of drug-likeness (QED) is 0.286. The molecule has 0 aliphatic carbocycles. The maximum absolute atomic E-state index is 13.4. The molecule has 0 saturated heterocycles. The number of hydrogen-bond donors (Lipinski definition) is 1. The fourth-order valence-electron chi connectivity index (χ4n) is 3.96. The van der Waals surface area contributed by atoms with Crippen LogP contribution in [0, 0.1) is 0 Å². The molecule has 4 rings (SSSR count). The van der Waals surface area contributed by atoms with Gasteiger partial charge in [0.25, 0.3) is 0 Å². The van der Waals surface area contributed by atoms with Crippen LogP contribution in [-0.4, -0.2) is 34.7 Å². The summed E-state index contributed by atoms with van der Waals surface area (Å²) < 4.78 is 10.7. The van der Waals surface area contributed by atoms with Crippen molar-refractivity contribution < 1.29 is 14.1 Å². The lowest BCUT2D eigenvalue weighted by atomic mass is 10.0. The molecular formula is C29H32N4O3. The first kappa shape index (κ1) is 25.0. The van der Waals surface area contributed by atoms with Crippen LogP contribution in [0.3, 0.4) is 0 Å². The van der Waals surface area contributed by atoms with Gasteiger partial charge in [-0.2, -0.15) is 4.98 Å². The predicted octanol–water partition coefficient (Wildman–Crippen LogP) is 6.71. The second-order valence-corrected chi connectivity index (χ2v) is 8.98. The van der Waals surface area contributed by atoms with Gasteiger partial charge in [0.15, 0.2) is 0 Å². The van der Waals surface area contributed by atoms with Gasteiger partial charge in [-0.15, -0.1) is 0 Å². The predicted molar refractivity (Wildman–Crippen MR) is 141 cm³/mol. The summed E-state index contributed by atoms with van der Waals surface area (Å²) in [6.45, 7) is 6.73. The minimum absolute atomic E-state index is 0.148. The Kier molecular flexibility index (Phi) is 8.00. The number of nitrogens with zero attached hydrogens (tertiary/aromatic N) is 3. The second-order valence-electron chi connectivity index (χ2n) is 8.98. The van der Waals surface area contributed by atoms with Crippen LogP contribution >= 0.6 is 0 Å². The number of hydrogen-bond acceptors (Lipinski definition) is 5. The molecule has 7 nitrogen and oxygen atoms in total. The molecule has 0 aliphatic heterocycles. The number of methoxy groups -OCH3 is 1. The number of ether oxygens (including phenoxy) is 1. The average molecular weight is 485 g/mol. The van der Waals surface area contributed by atoms with Gasteiger partial charge in [0.2, 0.25) is 11.7 Å². The first-order valence-electron chi connectivity index (χ1n) is 12.1. The van der Waals surface area contributed by atoms with Crippen molar-refractivity contribution >= 4 is 11.7 Å². The van der Waals surface area contributed by atoms with Crippen LogP contribution in [0.1, 0.15) is 49.7 Å². The zero-order valence-corrected chi connectivity index (χ0v) is 21.1. The normalized spacial score (nSPS) is 11.8. The van der Waals surface area contributed by atoms with E-state index in [1.807, 2.05) is 85.8 Å². The molecule has 2 amide bonds. The summed E-state index contributed by atoms with van der Waals surface area (Å²) in [7, 11) is 1.63. The van der Waals surface area contributed by atoms with Crippen LogP contribution in [-0.2, 0) is 6.42 Å². The van der Waals surface area contributed by atoms with Crippen LogP contribution in [0.2, 0.25) is 0 Å². The van der Waals surface area contributed by atoms with Gasteiger partial charge in [-0.1, -0.05) is 61.5 Å². The number of urea groups is 1. The minimum atomic E-state index is -0.182. The van der Waals surface area contributed by atoms with Crippen LogP contribution in [0.25, 0.3) is 11.4 Å². The van der Waals surface area contributed by atoms with Gasteiger partial charge >= 0.3 is 6.03 Å². The van der Waals surface area contributed by atoms with Crippen molar-refractivity contribution in [3.8, 4) is 17.1 Å². The Morgan fingerprint density at radius 2 is 1.64 bits per heavy atom. The zero-order valence-electron chi connectivity index (χ0n) is 21.1. The SMILES string of the molecule is COc1ccc(-c2noc(CCN(C(=O)Nc3ccc(C(C)C)cc3)[C@H](C)c3ccccc3)n2)cc1. The number of rotatable bonds is 9. The highest BCUT2D eigenvalue weighted by Gasteiger charge is 2.23. The lowest BCUT2D eigenvalue weighted by molar-refractivity contribution is 0.191. The van der Waals surface area contributed by atoms with E-state index >= 15 is 0 Å². The topological polar surface area (TPSA) is 80.5 Å². The number of amides is 2. The van der Waals surface area contributed by atoms with Crippen molar-refractivity contribution in [2.24, 2.45) is 0 Å². The van der Waals surface area contributed by atoms with Gasteiger partial charge < -0.3 is 19.5 Å². The number of carbonyl (C=O) groups excluding carboxylic acids is 1. The molecule has 1 atom stereocenters. The lowest BCUT2D eigenvalue weighted by Gasteiger charge is -2.29. The molecular weight excluding hydrogens is 452 g/mol.